The third kappa shape index (κ3) is 4.83. The second-order valence-electron chi connectivity index (χ2n) is 8.01. The normalized spacial score (nSPS) is 11.6. The Morgan fingerprint density at radius 3 is 2.39 bits per heavy atom. The van der Waals surface area contributed by atoms with Gasteiger partial charge in [0, 0.05) is 16.0 Å². The number of nitrogens with one attached hydrogen (secondary N) is 2. The van der Waals surface area contributed by atoms with Gasteiger partial charge in [0.25, 0.3) is 11.8 Å². The molecule has 0 radical (unpaired) electrons. The second kappa shape index (κ2) is 9.75. The molecule has 2 aromatic carbocycles. The predicted molar refractivity (Wildman–Crippen MR) is 141 cm³/mol. The Hall–Kier alpha value is -3.93. The molecule has 0 aliphatic rings. The van der Waals surface area contributed by atoms with Gasteiger partial charge in [0.1, 0.15) is 21.1 Å². The summed E-state index contributed by atoms with van der Waals surface area (Å²) in [4.78, 5) is 28.9. The van der Waals surface area contributed by atoms with E-state index in [1.165, 1.54) is 12.1 Å². The lowest BCUT2D eigenvalue weighted by molar-refractivity contribution is -0.140. The first-order chi connectivity index (χ1) is 18.0. The Bertz CT molecular complexity index is 1720. The van der Waals surface area contributed by atoms with Gasteiger partial charge in [-0.3, -0.25) is 14.7 Å². The third-order valence-electron chi connectivity index (χ3n) is 5.53. The van der Waals surface area contributed by atoms with E-state index in [2.05, 4.69) is 20.5 Å². The number of anilines is 1. The number of carbonyl (C=O) groups excluding carboxylic acids is 2. The number of benzene rings is 2. The minimum absolute atomic E-state index is 0.00178. The Morgan fingerprint density at radius 1 is 1.00 bits per heavy atom. The van der Waals surface area contributed by atoms with E-state index in [1.54, 1.807) is 42.5 Å². The summed E-state index contributed by atoms with van der Waals surface area (Å²) >= 11 is 12.8. The van der Waals surface area contributed by atoms with Gasteiger partial charge in [-0.15, -0.1) is 11.3 Å². The number of primary amides is 1. The summed E-state index contributed by atoms with van der Waals surface area (Å²) < 4.78 is 41.0. The lowest BCUT2D eigenvalue weighted by atomic mass is 10.0. The number of thiophene rings is 1. The number of halogens is 5. The van der Waals surface area contributed by atoms with Crippen LogP contribution in [0.15, 0.2) is 60.7 Å². The van der Waals surface area contributed by atoms with Crippen LogP contribution in [0.25, 0.3) is 32.6 Å². The van der Waals surface area contributed by atoms with E-state index in [1.807, 2.05) is 0 Å². The number of fused-ring (bicyclic) bond motifs is 1. The number of nitrogens with two attached hydrogens (primary N) is 1. The van der Waals surface area contributed by atoms with Crippen LogP contribution in [0.1, 0.15) is 25.9 Å². The zero-order chi connectivity index (χ0) is 27.2. The van der Waals surface area contributed by atoms with Crippen LogP contribution in [-0.4, -0.2) is 27.0 Å². The lowest BCUT2D eigenvalue weighted by Crippen LogP contribution is -2.17. The van der Waals surface area contributed by atoms with Gasteiger partial charge in [0.05, 0.1) is 16.4 Å². The number of hydrogen-bond acceptors (Lipinski definition) is 5. The monoisotopic (exact) mass is 575 g/mol. The number of H-pyrrole nitrogens is 1. The number of aromatic nitrogens is 3. The molecule has 0 atom stereocenters. The summed E-state index contributed by atoms with van der Waals surface area (Å²) in [7, 11) is 0. The van der Waals surface area contributed by atoms with Gasteiger partial charge in [-0.25, -0.2) is 4.98 Å². The summed E-state index contributed by atoms with van der Waals surface area (Å²) in [6, 6.07) is 15.3. The van der Waals surface area contributed by atoms with E-state index in [0.29, 0.717) is 38.2 Å². The van der Waals surface area contributed by atoms with Crippen LogP contribution >= 0.6 is 34.5 Å². The van der Waals surface area contributed by atoms with Crippen molar-refractivity contribution < 1.29 is 22.8 Å². The van der Waals surface area contributed by atoms with Gasteiger partial charge in [-0.1, -0.05) is 53.5 Å². The summed E-state index contributed by atoms with van der Waals surface area (Å²) in [5, 5.41) is 10.2. The van der Waals surface area contributed by atoms with Crippen molar-refractivity contribution in [3.05, 3.63) is 87.0 Å². The fourth-order valence-corrected chi connectivity index (χ4v) is 5.35. The van der Waals surface area contributed by atoms with Gasteiger partial charge in [-0.2, -0.15) is 18.3 Å². The Morgan fingerprint density at radius 2 is 1.74 bits per heavy atom. The van der Waals surface area contributed by atoms with E-state index in [4.69, 9.17) is 28.9 Å². The minimum Gasteiger partial charge on any atom is -0.365 e. The highest BCUT2D eigenvalue weighted by molar-refractivity contribution is 7.21. The molecule has 7 nitrogen and oxygen atoms in total. The fourth-order valence-electron chi connectivity index (χ4n) is 3.84. The molecule has 13 heteroatoms. The maximum Gasteiger partial charge on any atom is 0.433 e. The Balaban J connectivity index is 1.63. The summed E-state index contributed by atoms with van der Waals surface area (Å²) in [5.74, 6) is -1.65. The van der Waals surface area contributed by atoms with Crippen LogP contribution < -0.4 is 11.1 Å². The van der Waals surface area contributed by atoms with Crippen molar-refractivity contribution in [2.75, 3.05) is 5.32 Å². The molecule has 192 valence electrons. The Kier molecular flexibility index (Phi) is 6.59. The van der Waals surface area contributed by atoms with E-state index in [0.717, 1.165) is 6.07 Å². The van der Waals surface area contributed by atoms with Crippen LogP contribution in [0.5, 0.6) is 0 Å². The quantitative estimate of drug-likeness (QED) is 0.209. The van der Waals surface area contributed by atoms with Gasteiger partial charge in [-0.05, 0) is 41.5 Å². The summed E-state index contributed by atoms with van der Waals surface area (Å²) in [5.41, 5.74) is 5.76. The molecule has 3 aromatic heterocycles. The zero-order valence-corrected chi connectivity index (χ0v) is 21.2. The van der Waals surface area contributed by atoms with Crippen LogP contribution in [0.4, 0.5) is 18.9 Å². The average Bonchev–Trinajstić information content (AvgIpc) is 3.49. The van der Waals surface area contributed by atoms with Crippen LogP contribution in [0.2, 0.25) is 10.0 Å². The maximum absolute atomic E-state index is 13.7. The number of carbonyl (C=O) groups is 2. The second-order valence-corrected chi connectivity index (χ2v) is 9.86. The lowest BCUT2D eigenvalue weighted by Gasteiger charge is -2.12. The van der Waals surface area contributed by atoms with Crippen LogP contribution in [0, 0.1) is 0 Å². The highest BCUT2D eigenvalue weighted by atomic mass is 35.5. The number of nitrogens with zero attached hydrogens (tertiary/aromatic N) is 2. The van der Waals surface area contributed by atoms with Crippen molar-refractivity contribution in [3.63, 3.8) is 0 Å². The summed E-state index contributed by atoms with van der Waals surface area (Å²) in [6.45, 7) is 0. The molecule has 0 bridgehead atoms. The average molecular weight is 576 g/mol. The molecule has 4 N–H and O–H groups in total. The molecule has 38 heavy (non-hydrogen) atoms. The van der Waals surface area contributed by atoms with Crippen molar-refractivity contribution in [3.8, 4) is 22.4 Å². The van der Waals surface area contributed by atoms with Gasteiger partial charge < -0.3 is 11.1 Å². The van der Waals surface area contributed by atoms with Gasteiger partial charge >= 0.3 is 6.18 Å². The highest BCUT2D eigenvalue weighted by Crippen LogP contribution is 2.43. The molecule has 3 heterocycles. The molecule has 5 aromatic rings. The van der Waals surface area contributed by atoms with E-state index in [-0.39, 0.29) is 32.0 Å². The fraction of sp³-hybridized carbons (Fsp3) is 0.0400. The van der Waals surface area contributed by atoms with Crippen molar-refractivity contribution in [2.45, 2.75) is 6.18 Å². The standard InChI is InChI=1S/C25H14Cl2F3N5O2S/c26-12-6-7-13(15(27)8-12)16-10-17(35-34-16)23(37)33-20-19-14(11-4-2-1-3-5-11)9-18(25(28,29)30)32-24(19)38-21(20)22(31)36/h1-10H,(H2,31,36)(H,33,37)(H,34,35). The van der Waals surface area contributed by atoms with Crippen molar-refractivity contribution in [1.29, 1.82) is 0 Å². The number of pyridine rings is 1. The highest BCUT2D eigenvalue weighted by Gasteiger charge is 2.35. The smallest absolute Gasteiger partial charge is 0.365 e. The number of amides is 2. The molecular weight excluding hydrogens is 562 g/mol. The van der Waals surface area contributed by atoms with E-state index in [9.17, 15) is 22.8 Å². The molecule has 0 unspecified atom stereocenters. The SMILES string of the molecule is NC(=O)c1sc2nc(C(F)(F)F)cc(-c3ccccc3)c2c1NC(=O)c1cc(-c2ccc(Cl)cc2Cl)n[nH]1. The Labute approximate surface area is 226 Å². The number of hydrogen-bond donors (Lipinski definition) is 3. The topological polar surface area (TPSA) is 114 Å². The van der Waals surface area contributed by atoms with Crippen molar-refractivity contribution in [1.82, 2.24) is 15.2 Å². The molecule has 0 aliphatic carbocycles. The molecule has 0 aliphatic heterocycles. The summed E-state index contributed by atoms with van der Waals surface area (Å²) in [6.07, 6.45) is -4.74. The van der Waals surface area contributed by atoms with Gasteiger partial charge in [0.2, 0.25) is 0 Å². The van der Waals surface area contributed by atoms with Gasteiger partial charge in [0.15, 0.2) is 0 Å². The first kappa shape index (κ1) is 25.7. The zero-order valence-electron chi connectivity index (χ0n) is 18.9. The first-order valence-corrected chi connectivity index (χ1v) is 12.3. The van der Waals surface area contributed by atoms with E-state index < -0.39 is 23.7 Å². The minimum atomic E-state index is -4.74. The molecule has 2 amide bonds. The molecular formula is C25H14Cl2F3N5O2S. The predicted octanol–water partition coefficient (Wildman–Crippen LogP) is 7.03. The van der Waals surface area contributed by atoms with Crippen LogP contribution in [-0.2, 0) is 6.18 Å². The van der Waals surface area contributed by atoms with Crippen molar-refractivity contribution >= 4 is 62.3 Å². The van der Waals surface area contributed by atoms with Crippen molar-refractivity contribution in [2.24, 2.45) is 5.73 Å². The third-order valence-corrected chi connectivity index (χ3v) is 7.18. The number of aromatic amines is 1. The van der Waals surface area contributed by atoms with E-state index >= 15 is 0 Å². The molecule has 0 spiro atoms. The molecule has 5 rings (SSSR count). The number of rotatable bonds is 5. The van der Waals surface area contributed by atoms with Crippen LogP contribution in [0.3, 0.4) is 0 Å². The molecule has 0 fully saturated rings. The number of alkyl halides is 3. The first-order valence-electron chi connectivity index (χ1n) is 10.7. The molecule has 0 saturated heterocycles. The molecule has 0 saturated carbocycles. The largest absolute Gasteiger partial charge is 0.433 e. The maximum atomic E-state index is 13.7.